The van der Waals surface area contributed by atoms with Crippen molar-refractivity contribution in [2.45, 2.75) is 46.0 Å². The predicted octanol–water partition coefficient (Wildman–Crippen LogP) is 3.72. The van der Waals surface area contributed by atoms with Gasteiger partial charge in [0.25, 0.3) is 0 Å². The zero-order valence-electron chi connectivity index (χ0n) is 9.04. The molecule has 0 aliphatic heterocycles. The van der Waals surface area contributed by atoms with E-state index in [-0.39, 0.29) is 0 Å². The summed E-state index contributed by atoms with van der Waals surface area (Å²) in [5.41, 5.74) is 2.68. The second-order valence-corrected chi connectivity index (χ2v) is 3.94. The molecule has 0 saturated heterocycles. The fraction of sp³-hybridized carbons (Fsp3) is 0.583. The average Bonchev–Trinajstić information content (AvgIpc) is 2.16. The smallest absolute Gasteiger partial charge is 0.0463 e. The Morgan fingerprint density at radius 2 is 2.00 bits per heavy atom. The maximum Gasteiger partial charge on any atom is 0.0463 e. The zero-order valence-corrected chi connectivity index (χ0v) is 9.04. The van der Waals surface area contributed by atoms with E-state index >= 15 is 0 Å². The van der Waals surface area contributed by atoms with E-state index in [2.05, 4.69) is 38.7 Å². The Balaban J connectivity index is 3.04. The van der Waals surface area contributed by atoms with Gasteiger partial charge in [-0.3, -0.25) is 4.98 Å². The molecule has 1 heterocycles. The molecule has 0 aliphatic rings. The van der Waals surface area contributed by atoms with Crippen LogP contribution in [0.15, 0.2) is 18.3 Å². The first-order valence-electron chi connectivity index (χ1n) is 5.11. The highest BCUT2D eigenvalue weighted by molar-refractivity contribution is 5.25. The van der Waals surface area contributed by atoms with Gasteiger partial charge in [0.2, 0.25) is 0 Å². The maximum absolute atomic E-state index is 4.45. The number of rotatable bonds is 3. The summed E-state index contributed by atoms with van der Waals surface area (Å²) in [6.45, 7) is 8.90. The SMILES string of the molecule is CCC(C)c1cccnc1C(C)C. The first kappa shape index (κ1) is 10.2. The minimum atomic E-state index is 0.533. The molecule has 1 nitrogen and oxygen atoms in total. The van der Waals surface area contributed by atoms with E-state index in [0.29, 0.717) is 11.8 Å². The summed E-state index contributed by atoms with van der Waals surface area (Å²) in [5, 5.41) is 0. The molecule has 0 bridgehead atoms. The van der Waals surface area contributed by atoms with Gasteiger partial charge in [0.1, 0.15) is 0 Å². The van der Waals surface area contributed by atoms with Crippen molar-refractivity contribution in [1.82, 2.24) is 4.98 Å². The molecule has 1 unspecified atom stereocenters. The molecule has 0 N–H and O–H groups in total. The summed E-state index contributed by atoms with van der Waals surface area (Å²) in [6, 6.07) is 4.24. The largest absolute Gasteiger partial charge is 0.261 e. The standard InChI is InChI=1S/C12H19N/c1-5-10(4)11-7-6-8-13-12(11)9(2)3/h6-10H,5H2,1-4H3. The molecule has 0 radical (unpaired) electrons. The van der Waals surface area contributed by atoms with Gasteiger partial charge < -0.3 is 0 Å². The van der Waals surface area contributed by atoms with Crippen LogP contribution in [0.5, 0.6) is 0 Å². The lowest BCUT2D eigenvalue weighted by Gasteiger charge is -2.15. The van der Waals surface area contributed by atoms with Crippen LogP contribution in [0.2, 0.25) is 0 Å². The minimum Gasteiger partial charge on any atom is -0.261 e. The van der Waals surface area contributed by atoms with E-state index in [9.17, 15) is 0 Å². The Bertz CT molecular complexity index is 266. The Hall–Kier alpha value is -0.850. The number of aromatic nitrogens is 1. The third kappa shape index (κ3) is 2.30. The van der Waals surface area contributed by atoms with E-state index in [1.165, 1.54) is 17.7 Å². The number of nitrogens with zero attached hydrogens (tertiary/aromatic N) is 1. The van der Waals surface area contributed by atoms with E-state index in [0.717, 1.165) is 0 Å². The summed E-state index contributed by atoms with van der Waals surface area (Å²) in [5.74, 6) is 1.16. The van der Waals surface area contributed by atoms with Crippen molar-refractivity contribution in [3.05, 3.63) is 29.6 Å². The van der Waals surface area contributed by atoms with Crippen molar-refractivity contribution in [2.24, 2.45) is 0 Å². The topological polar surface area (TPSA) is 12.9 Å². The van der Waals surface area contributed by atoms with Crippen LogP contribution in [-0.2, 0) is 0 Å². The van der Waals surface area contributed by atoms with Gasteiger partial charge in [0, 0.05) is 11.9 Å². The minimum absolute atomic E-state index is 0.533. The van der Waals surface area contributed by atoms with Crippen molar-refractivity contribution in [3.63, 3.8) is 0 Å². The summed E-state index contributed by atoms with van der Waals surface area (Å²) < 4.78 is 0. The van der Waals surface area contributed by atoms with Crippen LogP contribution in [0, 0.1) is 0 Å². The van der Waals surface area contributed by atoms with Crippen LogP contribution < -0.4 is 0 Å². The molecular weight excluding hydrogens is 158 g/mol. The van der Waals surface area contributed by atoms with Crippen molar-refractivity contribution < 1.29 is 0 Å². The first-order valence-corrected chi connectivity index (χ1v) is 5.11. The van der Waals surface area contributed by atoms with E-state index in [1.807, 2.05) is 12.3 Å². The van der Waals surface area contributed by atoms with Crippen molar-refractivity contribution in [1.29, 1.82) is 0 Å². The predicted molar refractivity (Wildman–Crippen MR) is 57.0 cm³/mol. The van der Waals surface area contributed by atoms with Crippen LogP contribution >= 0.6 is 0 Å². The molecule has 13 heavy (non-hydrogen) atoms. The maximum atomic E-state index is 4.45. The summed E-state index contributed by atoms with van der Waals surface area (Å²) in [4.78, 5) is 4.45. The van der Waals surface area contributed by atoms with Crippen LogP contribution in [0.1, 0.15) is 57.2 Å². The quantitative estimate of drug-likeness (QED) is 0.685. The monoisotopic (exact) mass is 177 g/mol. The molecule has 0 aromatic carbocycles. The second kappa shape index (κ2) is 4.40. The number of hydrogen-bond acceptors (Lipinski definition) is 1. The van der Waals surface area contributed by atoms with Gasteiger partial charge in [0.15, 0.2) is 0 Å². The van der Waals surface area contributed by atoms with Gasteiger partial charge in [-0.25, -0.2) is 0 Å². The lowest BCUT2D eigenvalue weighted by atomic mass is 9.93. The Morgan fingerprint density at radius 1 is 1.31 bits per heavy atom. The van der Waals surface area contributed by atoms with Crippen LogP contribution in [0.25, 0.3) is 0 Å². The zero-order chi connectivity index (χ0) is 9.84. The molecule has 72 valence electrons. The lowest BCUT2D eigenvalue weighted by molar-refractivity contribution is 0.693. The number of pyridine rings is 1. The highest BCUT2D eigenvalue weighted by atomic mass is 14.7. The van der Waals surface area contributed by atoms with Crippen molar-refractivity contribution in [3.8, 4) is 0 Å². The summed E-state index contributed by atoms with van der Waals surface area (Å²) in [7, 11) is 0. The van der Waals surface area contributed by atoms with E-state index in [4.69, 9.17) is 0 Å². The van der Waals surface area contributed by atoms with E-state index < -0.39 is 0 Å². The van der Waals surface area contributed by atoms with Gasteiger partial charge in [-0.05, 0) is 29.9 Å². The summed E-state index contributed by atoms with van der Waals surface area (Å²) in [6.07, 6.45) is 3.08. The van der Waals surface area contributed by atoms with Crippen molar-refractivity contribution in [2.75, 3.05) is 0 Å². The van der Waals surface area contributed by atoms with Gasteiger partial charge in [-0.2, -0.15) is 0 Å². The molecule has 0 spiro atoms. The molecule has 1 rings (SSSR count). The Kier molecular flexibility index (Phi) is 3.47. The normalized spacial score (nSPS) is 13.3. The second-order valence-electron chi connectivity index (χ2n) is 3.94. The molecule has 0 aliphatic carbocycles. The third-order valence-corrected chi connectivity index (χ3v) is 2.56. The molecule has 0 saturated carbocycles. The molecule has 1 heteroatoms. The molecule has 1 atom stereocenters. The van der Waals surface area contributed by atoms with Gasteiger partial charge in [-0.15, -0.1) is 0 Å². The molecular formula is C12H19N. The summed E-state index contributed by atoms with van der Waals surface area (Å²) >= 11 is 0. The number of hydrogen-bond donors (Lipinski definition) is 0. The molecule has 0 amide bonds. The van der Waals surface area contributed by atoms with Crippen LogP contribution in [0.3, 0.4) is 0 Å². The molecule has 0 fully saturated rings. The Morgan fingerprint density at radius 3 is 2.54 bits per heavy atom. The fourth-order valence-corrected chi connectivity index (χ4v) is 1.55. The third-order valence-electron chi connectivity index (χ3n) is 2.56. The van der Waals surface area contributed by atoms with Crippen LogP contribution in [-0.4, -0.2) is 4.98 Å². The van der Waals surface area contributed by atoms with Gasteiger partial charge >= 0.3 is 0 Å². The van der Waals surface area contributed by atoms with Gasteiger partial charge in [-0.1, -0.05) is 33.8 Å². The lowest BCUT2D eigenvalue weighted by Crippen LogP contribution is -2.02. The molecule has 1 aromatic rings. The highest BCUT2D eigenvalue weighted by Gasteiger charge is 2.11. The first-order chi connectivity index (χ1) is 6.16. The van der Waals surface area contributed by atoms with Crippen LogP contribution in [0.4, 0.5) is 0 Å². The molecule has 1 aromatic heterocycles. The van der Waals surface area contributed by atoms with Crippen molar-refractivity contribution >= 4 is 0 Å². The Labute approximate surface area is 81.2 Å². The highest BCUT2D eigenvalue weighted by Crippen LogP contribution is 2.25. The fourth-order valence-electron chi connectivity index (χ4n) is 1.55. The van der Waals surface area contributed by atoms with E-state index in [1.54, 1.807) is 0 Å². The average molecular weight is 177 g/mol. The van der Waals surface area contributed by atoms with Gasteiger partial charge in [0.05, 0.1) is 0 Å².